The maximum absolute atomic E-state index is 6.41. The molecule has 0 aliphatic heterocycles. The highest BCUT2D eigenvalue weighted by Crippen LogP contribution is 2.42. The van der Waals surface area contributed by atoms with Gasteiger partial charge in [-0.25, -0.2) is 0 Å². The van der Waals surface area contributed by atoms with E-state index in [1.807, 2.05) is 11.8 Å². The number of thioether (sulfide) groups is 1. The Morgan fingerprint density at radius 3 is 2.57 bits per heavy atom. The van der Waals surface area contributed by atoms with E-state index >= 15 is 0 Å². The van der Waals surface area contributed by atoms with Crippen LogP contribution in [0.15, 0.2) is 34.9 Å². The van der Waals surface area contributed by atoms with Crippen molar-refractivity contribution in [3.8, 4) is 0 Å². The van der Waals surface area contributed by atoms with Crippen LogP contribution in [-0.2, 0) is 6.42 Å². The SMILES string of the molecule is CC1C(SCC(C)(C)C(C)C)=C(N)CCc2ccccc21. The van der Waals surface area contributed by atoms with E-state index in [1.54, 1.807) is 0 Å². The molecular weight excluding hydrogens is 274 g/mol. The van der Waals surface area contributed by atoms with Crippen LogP contribution in [0, 0.1) is 11.3 Å². The molecule has 116 valence electrons. The van der Waals surface area contributed by atoms with Crippen LogP contribution in [0.3, 0.4) is 0 Å². The van der Waals surface area contributed by atoms with Gasteiger partial charge in [0.25, 0.3) is 0 Å². The number of hydrogen-bond acceptors (Lipinski definition) is 2. The molecule has 0 fully saturated rings. The van der Waals surface area contributed by atoms with Gasteiger partial charge >= 0.3 is 0 Å². The number of hydrogen-bond donors (Lipinski definition) is 1. The lowest BCUT2D eigenvalue weighted by Gasteiger charge is -2.30. The first-order valence-corrected chi connectivity index (χ1v) is 9.00. The number of benzene rings is 1. The molecule has 0 spiro atoms. The fourth-order valence-corrected chi connectivity index (χ4v) is 4.17. The zero-order valence-corrected chi connectivity index (χ0v) is 14.9. The van der Waals surface area contributed by atoms with E-state index in [0.717, 1.165) is 24.3 Å². The first kappa shape index (κ1) is 16.5. The van der Waals surface area contributed by atoms with E-state index in [-0.39, 0.29) is 0 Å². The molecule has 0 saturated carbocycles. The molecule has 1 atom stereocenters. The van der Waals surface area contributed by atoms with Gasteiger partial charge in [0, 0.05) is 22.3 Å². The summed E-state index contributed by atoms with van der Waals surface area (Å²) in [5.41, 5.74) is 10.8. The minimum atomic E-state index is 0.337. The first-order chi connectivity index (χ1) is 9.83. The largest absolute Gasteiger partial charge is 0.401 e. The molecule has 0 amide bonds. The summed E-state index contributed by atoms with van der Waals surface area (Å²) < 4.78 is 0. The van der Waals surface area contributed by atoms with Crippen LogP contribution in [0.2, 0.25) is 0 Å². The molecule has 1 unspecified atom stereocenters. The van der Waals surface area contributed by atoms with Gasteiger partial charge in [-0.05, 0) is 35.3 Å². The average Bonchev–Trinajstić information content (AvgIpc) is 2.55. The lowest BCUT2D eigenvalue weighted by molar-refractivity contribution is 0.292. The Kier molecular flexibility index (Phi) is 5.08. The van der Waals surface area contributed by atoms with E-state index in [4.69, 9.17) is 5.73 Å². The summed E-state index contributed by atoms with van der Waals surface area (Å²) in [7, 11) is 0. The standard InChI is InChI=1S/C19H29NS/c1-13(2)19(4,5)12-21-18-14(3)16-9-7-6-8-15(16)10-11-17(18)20/h6-9,13-14H,10-12,20H2,1-5H3. The van der Waals surface area contributed by atoms with Gasteiger partial charge in [0.05, 0.1) is 0 Å². The van der Waals surface area contributed by atoms with E-state index in [2.05, 4.69) is 58.9 Å². The Labute approximate surface area is 134 Å². The van der Waals surface area contributed by atoms with Crippen LogP contribution in [0.25, 0.3) is 0 Å². The Balaban J connectivity index is 2.22. The van der Waals surface area contributed by atoms with Crippen molar-refractivity contribution in [2.75, 3.05) is 5.75 Å². The number of rotatable bonds is 4. The summed E-state index contributed by atoms with van der Waals surface area (Å²) in [4.78, 5) is 1.40. The second-order valence-electron chi connectivity index (χ2n) is 7.24. The molecule has 2 rings (SSSR count). The van der Waals surface area contributed by atoms with Crippen molar-refractivity contribution in [1.29, 1.82) is 0 Å². The Bertz CT molecular complexity index is 528. The molecule has 0 radical (unpaired) electrons. The predicted octanol–water partition coefficient (Wildman–Crippen LogP) is 5.32. The lowest BCUT2D eigenvalue weighted by Crippen LogP contribution is -2.22. The normalized spacial score (nSPS) is 19.6. The van der Waals surface area contributed by atoms with Crippen LogP contribution in [0.1, 0.15) is 58.1 Å². The third-order valence-electron chi connectivity index (χ3n) is 5.06. The average molecular weight is 304 g/mol. The molecular formula is C19H29NS. The summed E-state index contributed by atoms with van der Waals surface area (Å²) in [6, 6.07) is 8.82. The van der Waals surface area contributed by atoms with Crippen LogP contribution < -0.4 is 5.73 Å². The highest BCUT2D eigenvalue weighted by atomic mass is 32.2. The molecule has 1 aromatic carbocycles. The number of allylic oxidation sites excluding steroid dienone is 2. The van der Waals surface area contributed by atoms with E-state index in [9.17, 15) is 0 Å². The van der Waals surface area contributed by atoms with Gasteiger partial charge in [0.1, 0.15) is 0 Å². The molecule has 2 heteroatoms. The number of aryl methyl sites for hydroxylation is 1. The van der Waals surface area contributed by atoms with E-state index in [1.165, 1.54) is 16.0 Å². The van der Waals surface area contributed by atoms with Crippen molar-refractivity contribution >= 4 is 11.8 Å². The van der Waals surface area contributed by atoms with Gasteiger partial charge in [-0.15, -0.1) is 11.8 Å². The van der Waals surface area contributed by atoms with Gasteiger partial charge in [0.2, 0.25) is 0 Å². The minimum absolute atomic E-state index is 0.337. The summed E-state index contributed by atoms with van der Waals surface area (Å²) in [6.07, 6.45) is 2.07. The molecule has 2 N–H and O–H groups in total. The molecule has 0 heterocycles. The van der Waals surface area contributed by atoms with Crippen molar-refractivity contribution in [2.24, 2.45) is 17.1 Å². The Hall–Kier alpha value is -0.890. The number of fused-ring (bicyclic) bond motifs is 1. The molecule has 1 aromatic rings. The first-order valence-electron chi connectivity index (χ1n) is 8.02. The van der Waals surface area contributed by atoms with Crippen LogP contribution >= 0.6 is 11.8 Å². The van der Waals surface area contributed by atoms with Crippen LogP contribution in [0.4, 0.5) is 0 Å². The zero-order chi connectivity index (χ0) is 15.6. The molecule has 0 saturated heterocycles. The zero-order valence-electron chi connectivity index (χ0n) is 14.1. The van der Waals surface area contributed by atoms with Gasteiger partial charge in [-0.3, -0.25) is 0 Å². The number of nitrogens with two attached hydrogens (primary N) is 1. The predicted molar refractivity (Wildman–Crippen MR) is 95.5 cm³/mol. The molecule has 1 aliphatic rings. The fraction of sp³-hybridized carbons (Fsp3) is 0.579. The molecule has 1 nitrogen and oxygen atoms in total. The van der Waals surface area contributed by atoms with Crippen molar-refractivity contribution in [1.82, 2.24) is 0 Å². The van der Waals surface area contributed by atoms with Crippen molar-refractivity contribution in [2.45, 2.75) is 53.4 Å². The highest BCUT2D eigenvalue weighted by Gasteiger charge is 2.27. The molecule has 1 aliphatic carbocycles. The smallest absolute Gasteiger partial charge is 0.0187 e. The van der Waals surface area contributed by atoms with Crippen molar-refractivity contribution in [3.63, 3.8) is 0 Å². The highest BCUT2D eigenvalue weighted by molar-refractivity contribution is 8.03. The minimum Gasteiger partial charge on any atom is -0.401 e. The Morgan fingerprint density at radius 2 is 1.90 bits per heavy atom. The maximum atomic E-state index is 6.41. The lowest BCUT2D eigenvalue weighted by atomic mass is 9.83. The van der Waals surface area contributed by atoms with Gasteiger partial charge in [-0.2, -0.15) is 0 Å². The van der Waals surface area contributed by atoms with Crippen molar-refractivity contribution < 1.29 is 0 Å². The van der Waals surface area contributed by atoms with Gasteiger partial charge < -0.3 is 5.73 Å². The fourth-order valence-electron chi connectivity index (χ4n) is 2.64. The van der Waals surface area contributed by atoms with Crippen molar-refractivity contribution in [3.05, 3.63) is 46.0 Å². The third-order valence-corrected chi connectivity index (χ3v) is 6.87. The third kappa shape index (κ3) is 3.66. The maximum Gasteiger partial charge on any atom is 0.0187 e. The summed E-state index contributed by atoms with van der Waals surface area (Å²) in [6.45, 7) is 11.6. The second kappa shape index (κ2) is 6.48. The van der Waals surface area contributed by atoms with Crippen LogP contribution in [0.5, 0.6) is 0 Å². The molecule has 0 aromatic heterocycles. The van der Waals surface area contributed by atoms with E-state index in [0.29, 0.717) is 17.3 Å². The van der Waals surface area contributed by atoms with Crippen LogP contribution in [-0.4, -0.2) is 5.75 Å². The van der Waals surface area contributed by atoms with E-state index < -0.39 is 0 Å². The summed E-state index contributed by atoms with van der Waals surface area (Å²) in [5.74, 6) is 2.24. The molecule has 21 heavy (non-hydrogen) atoms. The topological polar surface area (TPSA) is 26.0 Å². The summed E-state index contributed by atoms with van der Waals surface area (Å²) in [5, 5.41) is 0. The second-order valence-corrected chi connectivity index (χ2v) is 8.26. The van der Waals surface area contributed by atoms with Gasteiger partial charge in [0.15, 0.2) is 0 Å². The summed E-state index contributed by atoms with van der Waals surface area (Å²) >= 11 is 1.98. The Morgan fingerprint density at radius 1 is 1.24 bits per heavy atom. The molecule has 0 bridgehead atoms. The van der Waals surface area contributed by atoms with Gasteiger partial charge in [-0.1, -0.05) is 58.9 Å². The quantitative estimate of drug-likeness (QED) is 0.814. The monoisotopic (exact) mass is 303 g/mol.